The minimum absolute atomic E-state index is 0.858. The molecule has 0 atom stereocenters. The van der Waals surface area contributed by atoms with Crippen molar-refractivity contribution >= 4 is 0 Å². The van der Waals surface area contributed by atoms with Gasteiger partial charge in [0.1, 0.15) is 0 Å². The van der Waals surface area contributed by atoms with Crippen molar-refractivity contribution < 1.29 is 4.74 Å². The third-order valence-electron chi connectivity index (χ3n) is 3.28. The summed E-state index contributed by atoms with van der Waals surface area (Å²) in [5.41, 5.74) is 2.95. The van der Waals surface area contributed by atoms with Crippen LogP contribution in [0.1, 0.15) is 42.7 Å². The molecule has 0 bridgehead atoms. The third-order valence-corrected chi connectivity index (χ3v) is 3.28. The first-order valence-electron chi connectivity index (χ1n) is 6.68. The fourth-order valence-corrected chi connectivity index (χ4v) is 2.10. The van der Waals surface area contributed by atoms with Crippen molar-refractivity contribution in [3.8, 4) is 0 Å². The van der Waals surface area contributed by atoms with Crippen LogP contribution >= 0.6 is 0 Å². The first kappa shape index (κ1) is 12.6. The fourth-order valence-electron chi connectivity index (χ4n) is 2.10. The van der Waals surface area contributed by atoms with E-state index in [1.54, 1.807) is 7.11 Å². The molecule has 1 N–H and O–H groups in total. The molecule has 0 amide bonds. The van der Waals surface area contributed by atoms with Gasteiger partial charge < -0.3 is 10.1 Å². The van der Waals surface area contributed by atoms with Crippen LogP contribution in [0.3, 0.4) is 0 Å². The summed E-state index contributed by atoms with van der Waals surface area (Å²) >= 11 is 0. The van der Waals surface area contributed by atoms with E-state index >= 15 is 0 Å². The maximum absolute atomic E-state index is 5.03. The number of rotatable bonds is 8. The van der Waals surface area contributed by atoms with Gasteiger partial charge in [-0.1, -0.05) is 24.3 Å². The Balaban J connectivity index is 1.66. The predicted molar refractivity (Wildman–Crippen MR) is 71.2 cm³/mol. The minimum Gasteiger partial charge on any atom is -0.385 e. The fraction of sp³-hybridized carbons (Fsp3) is 0.600. The van der Waals surface area contributed by atoms with E-state index in [9.17, 15) is 0 Å². The van der Waals surface area contributed by atoms with E-state index in [2.05, 4.69) is 29.6 Å². The molecule has 0 aliphatic heterocycles. The molecule has 0 radical (unpaired) electrons. The normalized spacial score (nSPS) is 15.1. The van der Waals surface area contributed by atoms with Gasteiger partial charge in [0.2, 0.25) is 0 Å². The first-order valence-corrected chi connectivity index (χ1v) is 6.68. The Bertz CT molecular complexity index is 333. The Labute approximate surface area is 104 Å². The van der Waals surface area contributed by atoms with Gasteiger partial charge in [-0.05, 0) is 49.3 Å². The molecule has 2 rings (SSSR count). The van der Waals surface area contributed by atoms with Crippen molar-refractivity contribution in [3.05, 3.63) is 35.4 Å². The van der Waals surface area contributed by atoms with Crippen molar-refractivity contribution in [2.24, 2.45) is 0 Å². The summed E-state index contributed by atoms with van der Waals surface area (Å²) in [5.74, 6) is 0.858. The van der Waals surface area contributed by atoms with Crippen molar-refractivity contribution in [2.45, 2.75) is 38.1 Å². The zero-order valence-corrected chi connectivity index (χ0v) is 10.7. The molecular weight excluding hydrogens is 210 g/mol. The molecule has 1 aromatic rings. The van der Waals surface area contributed by atoms with Gasteiger partial charge in [0.25, 0.3) is 0 Å². The zero-order valence-electron chi connectivity index (χ0n) is 10.7. The Hall–Kier alpha value is -0.860. The Kier molecular flexibility index (Phi) is 5.02. The van der Waals surface area contributed by atoms with Crippen LogP contribution in [0.2, 0.25) is 0 Å². The highest BCUT2D eigenvalue weighted by Gasteiger charge is 2.23. The molecule has 0 unspecified atom stereocenters. The van der Waals surface area contributed by atoms with Gasteiger partial charge in [-0.15, -0.1) is 0 Å². The van der Waals surface area contributed by atoms with Crippen LogP contribution in [-0.4, -0.2) is 20.3 Å². The van der Waals surface area contributed by atoms with Crippen molar-refractivity contribution in [1.82, 2.24) is 5.32 Å². The quantitative estimate of drug-likeness (QED) is 0.697. The second-order valence-electron chi connectivity index (χ2n) is 4.90. The maximum Gasteiger partial charge on any atom is 0.0462 e. The van der Waals surface area contributed by atoms with Crippen LogP contribution in [0, 0.1) is 0 Å². The van der Waals surface area contributed by atoms with E-state index in [1.165, 1.54) is 30.4 Å². The molecule has 2 nitrogen and oxygen atoms in total. The second-order valence-corrected chi connectivity index (χ2v) is 4.90. The number of hydrogen-bond donors (Lipinski definition) is 1. The van der Waals surface area contributed by atoms with Gasteiger partial charge in [-0.3, -0.25) is 0 Å². The molecule has 0 heterocycles. The van der Waals surface area contributed by atoms with Gasteiger partial charge in [0.15, 0.2) is 0 Å². The van der Waals surface area contributed by atoms with E-state index in [1.807, 2.05) is 0 Å². The number of unbranched alkanes of at least 4 members (excludes halogenated alkanes) is 1. The molecule has 17 heavy (non-hydrogen) atoms. The second kappa shape index (κ2) is 6.77. The highest BCUT2D eigenvalue weighted by molar-refractivity contribution is 5.28. The Morgan fingerprint density at radius 2 is 2.18 bits per heavy atom. The van der Waals surface area contributed by atoms with Gasteiger partial charge in [-0.25, -0.2) is 0 Å². The summed E-state index contributed by atoms with van der Waals surface area (Å²) < 4.78 is 5.03. The molecule has 0 aromatic heterocycles. The van der Waals surface area contributed by atoms with Gasteiger partial charge in [0.05, 0.1) is 0 Å². The topological polar surface area (TPSA) is 21.3 Å². The predicted octanol–water partition coefficient (Wildman–Crippen LogP) is 3.08. The summed E-state index contributed by atoms with van der Waals surface area (Å²) in [5, 5.41) is 3.49. The average Bonchev–Trinajstić information content (AvgIpc) is 3.18. The summed E-state index contributed by atoms with van der Waals surface area (Å²) in [7, 11) is 1.76. The number of benzene rings is 1. The van der Waals surface area contributed by atoms with Crippen molar-refractivity contribution in [3.63, 3.8) is 0 Å². The highest BCUT2D eigenvalue weighted by Crippen LogP contribution is 2.40. The van der Waals surface area contributed by atoms with Crippen LogP contribution < -0.4 is 5.32 Å². The average molecular weight is 233 g/mol. The number of ether oxygens (including phenoxy) is 1. The summed E-state index contributed by atoms with van der Waals surface area (Å²) in [6.45, 7) is 2.95. The highest BCUT2D eigenvalue weighted by atomic mass is 16.5. The SMILES string of the molecule is COCCCCNCc1cccc(C2CC2)c1. The first-order chi connectivity index (χ1) is 8.40. The molecule has 0 spiro atoms. The van der Waals surface area contributed by atoms with E-state index in [-0.39, 0.29) is 0 Å². The zero-order chi connectivity index (χ0) is 11.9. The number of methoxy groups -OCH3 is 1. The third kappa shape index (κ3) is 4.49. The monoisotopic (exact) mass is 233 g/mol. The van der Waals surface area contributed by atoms with Crippen molar-refractivity contribution in [1.29, 1.82) is 0 Å². The van der Waals surface area contributed by atoms with Gasteiger partial charge >= 0.3 is 0 Å². The van der Waals surface area contributed by atoms with Crippen LogP contribution in [0.25, 0.3) is 0 Å². The van der Waals surface area contributed by atoms with Crippen LogP contribution in [-0.2, 0) is 11.3 Å². The molecule has 1 saturated carbocycles. The molecule has 0 saturated heterocycles. The lowest BCUT2D eigenvalue weighted by atomic mass is 10.1. The smallest absolute Gasteiger partial charge is 0.0462 e. The lowest BCUT2D eigenvalue weighted by Gasteiger charge is -2.06. The molecule has 1 aliphatic carbocycles. The van der Waals surface area contributed by atoms with Gasteiger partial charge in [0, 0.05) is 20.3 Å². The molecule has 1 aliphatic rings. The molecule has 1 aromatic carbocycles. The van der Waals surface area contributed by atoms with Crippen LogP contribution in [0.5, 0.6) is 0 Å². The molecule has 1 fully saturated rings. The van der Waals surface area contributed by atoms with Crippen LogP contribution in [0.4, 0.5) is 0 Å². The van der Waals surface area contributed by atoms with E-state index in [4.69, 9.17) is 4.74 Å². The largest absolute Gasteiger partial charge is 0.385 e. The maximum atomic E-state index is 5.03. The lowest BCUT2D eigenvalue weighted by Crippen LogP contribution is -2.15. The molecule has 2 heteroatoms. The van der Waals surface area contributed by atoms with E-state index < -0.39 is 0 Å². The number of nitrogens with one attached hydrogen (secondary N) is 1. The lowest BCUT2D eigenvalue weighted by molar-refractivity contribution is 0.192. The minimum atomic E-state index is 0.858. The van der Waals surface area contributed by atoms with Crippen LogP contribution in [0.15, 0.2) is 24.3 Å². The Morgan fingerprint density at radius 3 is 2.94 bits per heavy atom. The number of hydrogen-bond acceptors (Lipinski definition) is 2. The standard InChI is InChI=1S/C15H23NO/c1-17-10-3-2-9-16-12-13-5-4-6-15(11-13)14-7-8-14/h4-6,11,14,16H,2-3,7-10,12H2,1H3. The Morgan fingerprint density at radius 1 is 1.29 bits per heavy atom. The summed E-state index contributed by atoms with van der Waals surface area (Å²) in [6, 6.07) is 9.03. The van der Waals surface area contributed by atoms with E-state index in [0.29, 0.717) is 0 Å². The summed E-state index contributed by atoms with van der Waals surface area (Å²) in [6.07, 6.45) is 5.10. The molecular formula is C15H23NO. The van der Waals surface area contributed by atoms with Gasteiger partial charge in [-0.2, -0.15) is 0 Å². The van der Waals surface area contributed by atoms with Crippen molar-refractivity contribution in [2.75, 3.05) is 20.3 Å². The summed E-state index contributed by atoms with van der Waals surface area (Å²) in [4.78, 5) is 0. The van der Waals surface area contributed by atoms with E-state index in [0.717, 1.165) is 32.0 Å². The molecule has 94 valence electrons.